The quantitative estimate of drug-likeness (QED) is 0.529. The van der Waals surface area contributed by atoms with Gasteiger partial charge in [0.2, 0.25) is 5.95 Å². The van der Waals surface area contributed by atoms with Crippen LogP contribution >= 0.6 is 11.6 Å². The van der Waals surface area contributed by atoms with Gasteiger partial charge in [-0.15, -0.1) is 0 Å². The molecule has 0 saturated carbocycles. The second kappa shape index (κ2) is 6.09. The van der Waals surface area contributed by atoms with Crippen molar-refractivity contribution in [3.05, 3.63) is 40.9 Å². The summed E-state index contributed by atoms with van der Waals surface area (Å²) >= 11 is 5.90. The molecule has 0 radical (unpaired) electrons. The largest absolute Gasteiger partial charge is 0.245 e. The van der Waals surface area contributed by atoms with Gasteiger partial charge < -0.3 is 0 Å². The van der Waals surface area contributed by atoms with Crippen LogP contribution in [-0.4, -0.2) is 15.7 Å². The van der Waals surface area contributed by atoms with Crippen molar-refractivity contribution < 1.29 is 13.2 Å². The number of hydrogen-bond donors (Lipinski definition) is 1. The molecule has 1 aromatic carbocycles. The Balaban J connectivity index is 2.45. The van der Waals surface area contributed by atoms with E-state index in [0.29, 0.717) is 12.1 Å². The van der Waals surface area contributed by atoms with Crippen LogP contribution in [0, 0.1) is 17.5 Å². The molecule has 0 unspecified atom stereocenters. The molecule has 0 spiro atoms. The van der Waals surface area contributed by atoms with Crippen molar-refractivity contribution in [2.75, 3.05) is 5.43 Å². The maximum Gasteiger partial charge on any atom is 0.244 e. The molecule has 0 fully saturated rings. The zero-order chi connectivity index (χ0) is 15.6. The summed E-state index contributed by atoms with van der Waals surface area (Å²) in [5.74, 6) is -3.10. The van der Waals surface area contributed by atoms with Gasteiger partial charge in [0.05, 0.1) is 5.56 Å². The standard InChI is InChI=1S/C13H10ClF3N4/c1-6(2)20-21-13-18-5-8(12(14)19-13)11-9(16)3-7(15)4-10(11)17/h3-5H,1-2H3,(H,18,19,21). The Morgan fingerprint density at radius 1 is 1.19 bits per heavy atom. The molecule has 1 aromatic heterocycles. The number of nitrogens with zero attached hydrogens (tertiary/aromatic N) is 3. The molecule has 21 heavy (non-hydrogen) atoms. The van der Waals surface area contributed by atoms with Crippen LogP contribution < -0.4 is 5.43 Å². The van der Waals surface area contributed by atoms with Crippen molar-refractivity contribution in [2.24, 2.45) is 5.10 Å². The fourth-order valence-corrected chi connectivity index (χ4v) is 1.77. The smallest absolute Gasteiger partial charge is 0.244 e. The minimum Gasteiger partial charge on any atom is -0.245 e. The minimum atomic E-state index is -1.08. The molecule has 110 valence electrons. The maximum atomic E-state index is 13.7. The summed E-state index contributed by atoms with van der Waals surface area (Å²) in [7, 11) is 0. The van der Waals surface area contributed by atoms with E-state index >= 15 is 0 Å². The van der Waals surface area contributed by atoms with E-state index in [0.717, 1.165) is 11.9 Å². The van der Waals surface area contributed by atoms with Crippen LogP contribution in [0.1, 0.15) is 13.8 Å². The summed E-state index contributed by atoms with van der Waals surface area (Å²) in [4.78, 5) is 7.69. The lowest BCUT2D eigenvalue weighted by molar-refractivity contribution is 0.548. The van der Waals surface area contributed by atoms with E-state index in [1.54, 1.807) is 13.8 Å². The molecule has 0 aliphatic heterocycles. The number of hydrogen-bond acceptors (Lipinski definition) is 4. The van der Waals surface area contributed by atoms with Crippen LogP contribution in [0.4, 0.5) is 19.1 Å². The lowest BCUT2D eigenvalue weighted by Gasteiger charge is -2.08. The highest BCUT2D eigenvalue weighted by atomic mass is 35.5. The zero-order valence-corrected chi connectivity index (χ0v) is 11.8. The normalized spacial score (nSPS) is 10.4. The van der Waals surface area contributed by atoms with E-state index < -0.39 is 23.0 Å². The van der Waals surface area contributed by atoms with Gasteiger partial charge in [-0.1, -0.05) is 11.6 Å². The molecule has 0 saturated heterocycles. The van der Waals surface area contributed by atoms with Crippen molar-refractivity contribution in [3.63, 3.8) is 0 Å². The molecule has 1 heterocycles. The van der Waals surface area contributed by atoms with Crippen molar-refractivity contribution in [2.45, 2.75) is 13.8 Å². The average molecular weight is 315 g/mol. The maximum absolute atomic E-state index is 13.7. The Morgan fingerprint density at radius 2 is 1.81 bits per heavy atom. The van der Waals surface area contributed by atoms with E-state index in [4.69, 9.17) is 11.6 Å². The van der Waals surface area contributed by atoms with Crippen LogP contribution in [0.3, 0.4) is 0 Å². The summed E-state index contributed by atoms with van der Waals surface area (Å²) in [6, 6.07) is 1.12. The van der Waals surface area contributed by atoms with Crippen LogP contribution in [0.25, 0.3) is 11.1 Å². The monoisotopic (exact) mass is 314 g/mol. The first kappa shape index (κ1) is 15.2. The van der Waals surface area contributed by atoms with E-state index in [2.05, 4.69) is 20.5 Å². The van der Waals surface area contributed by atoms with Crippen LogP contribution in [0.2, 0.25) is 5.15 Å². The van der Waals surface area contributed by atoms with E-state index in [-0.39, 0.29) is 16.7 Å². The minimum absolute atomic E-state index is 0.0746. The van der Waals surface area contributed by atoms with Crippen LogP contribution in [0.15, 0.2) is 23.4 Å². The van der Waals surface area contributed by atoms with Gasteiger partial charge >= 0.3 is 0 Å². The molecule has 0 aliphatic rings. The van der Waals surface area contributed by atoms with Crippen molar-refractivity contribution in [1.29, 1.82) is 0 Å². The van der Waals surface area contributed by atoms with E-state index in [9.17, 15) is 13.2 Å². The molecule has 0 amide bonds. The number of anilines is 1. The Hall–Kier alpha value is -2.15. The Morgan fingerprint density at radius 3 is 2.33 bits per heavy atom. The van der Waals surface area contributed by atoms with Crippen molar-refractivity contribution in [3.8, 4) is 11.1 Å². The van der Waals surface area contributed by atoms with Gasteiger partial charge in [0.15, 0.2) is 0 Å². The summed E-state index contributed by atoms with van der Waals surface area (Å²) in [5, 5.41) is 3.69. The lowest BCUT2D eigenvalue weighted by atomic mass is 10.1. The van der Waals surface area contributed by atoms with Gasteiger partial charge in [0.25, 0.3) is 0 Å². The molecule has 8 heteroatoms. The highest BCUT2D eigenvalue weighted by molar-refractivity contribution is 6.32. The number of aromatic nitrogens is 2. The van der Waals surface area contributed by atoms with Gasteiger partial charge in [-0.3, -0.25) is 0 Å². The summed E-state index contributed by atoms with van der Waals surface area (Å²) < 4.78 is 40.3. The third kappa shape index (κ3) is 3.49. The molecular weight excluding hydrogens is 305 g/mol. The van der Waals surface area contributed by atoms with Crippen LogP contribution in [-0.2, 0) is 0 Å². The molecule has 0 bridgehead atoms. The van der Waals surface area contributed by atoms with Crippen molar-refractivity contribution >= 4 is 23.3 Å². The Bertz CT molecular complexity index is 692. The predicted molar refractivity (Wildman–Crippen MR) is 74.8 cm³/mol. The molecule has 4 nitrogen and oxygen atoms in total. The summed E-state index contributed by atoms with van der Waals surface area (Å²) in [6.07, 6.45) is 1.14. The van der Waals surface area contributed by atoms with Gasteiger partial charge in [-0.25, -0.2) is 23.6 Å². The molecular formula is C13H10ClF3N4. The highest BCUT2D eigenvalue weighted by Gasteiger charge is 2.17. The number of hydrazone groups is 1. The molecule has 1 N–H and O–H groups in total. The second-order valence-electron chi connectivity index (χ2n) is 4.31. The van der Waals surface area contributed by atoms with Gasteiger partial charge in [-0.2, -0.15) is 10.1 Å². The lowest BCUT2D eigenvalue weighted by Crippen LogP contribution is -2.01. The first-order chi connectivity index (χ1) is 9.88. The van der Waals surface area contributed by atoms with Crippen molar-refractivity contribution in [1.82, 2.24) is 9.97 Å². The summed E-state index contributed by atoms with van der Waals surface area (Å²) in [5.41, 5.74) is 2.71. The Kier molecular flexibility index (Phi) is 4.42. The number of nitrogens with one attached hydrogen (secondary N) is 1. The third-order valence-electron chi connectivity index (χ3n) is 2.40. The summed E-state index contributed by atoms with van der Waals surface area (Å²) in [6.45, 7) is 3.51. The third-order valence-corrected chi connectivity index (χ3v) is 2.69. The Labute approximate surface area is 123 Å². The van der Waals surface area contributed by atoms with Gasteiger partial charge in [-0.05, 0) is 13.8 Å². The first-order valence-corrected chi connectivity index (χ1v) is 6.20. The molecule has 0 atom stereocenters. The number of halogens is 4. The number of benzene rings is 1. The predicted octanol–water partition coefficient (Wildman–Crippen LogP) is 4.02. The molecule has 2 aromatic rings. The second-order valence-corrected chi connectivity index (χ2v) is 4.67. The van der Waals surface area contributed by atoms with Gasteiger partial charge in [0, 0.05) is 29.6 Å². The molecule has 2 rings (SSSR count). The first-order valence-electron chi connectivity index (χ1n) is 5.83. The van der Waals surface area contributed by atoms with Crippen LogP contribution in [0.5, 0.6) is 0 Å². The number of rotatable bonds is 3. The van der Waals surface area contributed by atoms with E-state index in [1.807, 2.05) is 0 Å². The fourth-order valence-electron chi connectivity index (χ4n) is 1.54. The van der Waals surface area contributed by atoms with Gasteiger partial charge in [0.1, 0.15) is 22.6 Å². The zero-order valence-electron chi connectivity index (χ0n) is 11.1. The topological polar surface area (TPSA) is 50.2 Å². The molecule has 0 aliphatic carbocycles. The van der Waals surface area contributed by atoms with E-state index in [1.165, 1.54) is 0 Å². The highest BCUT2D eigenvalue weighted by Crippen LogP contribution is 2.31. The SMILES string of the molecule is CC(C)=NNc1ncc(-c2c(F)cc(F)cc2F)c(Cl)n1. The fraction of sp³-hybridized carbons (Fsp3) is 0.154. The average Bonchev–Trinajstić information content (AvgIpc) is 2.37.